The largest absolute Gasteiger partial charge is 0.335 e. The molecule has 110 valence electrons. The molecule has 2 aliphatic rings. The second kappa shape index (κ2) is 5.09. The summed E-state index contributed by atoms with van der Waals surface area (Å²) in [6.07, 6.45) is 1.21. The van der Waals surface area contributed by atoms with Crippen LogP contribution in [0.2, 0.25) is 0 Å². The van der Waals surface area contributed by atoms with Crippen LogP contribution in [0.5, 0.6) is 0 Å². The van der Waals surface area contributed by atoms with Crippen LogP contribution in [-0.2, 0) is 11.2 Å². The molecule has 1 fully saturated rings. The minimum atomic E-state index is -0.267. The fourth-order valence-electron chi connectivity index (χ4n) is 3.78. The maximum absolute atomic E-state index is 12.9. The lowest BCUT2D eigenvalue weighted by Gasteiger charge is -2.34. The third kappa shape index (κ3) is 1.97. The summed E-state index contributed by atoms with van der Waals surface area (Å²) in [4.78, 5) is 27.1. The van der Waals surface area contributed by atoms with Gasteiger partial charge in [0.15, 0.2) is 5.78 Å². The van der Waals surface area contributed by atoms with E-state index in [0.29, 0.717) is 12.0 Å². The number of fused-ring (bicyclic) bond motifs is 3. The van der Waals surface area contributed by atoms with Crippen LogP contribution in [0.1, 0.15) is 33.9 Å². The average molecular weight is 291 g/mol. The van der Waals surface area contributed by atoms with E-state index in [9.17, 15) is 9.59 Å². The Bertz CT molecular complexity index is 738. The van der Waals surface area contributed by atoms with Crippen molar-refractivity contribution in [3.8, 4) is 0 Å². The Balaban J connectivity index is 1.76. The van der Waals surface area contributed by atoms with Gasteiger partial charge < -0.3 is 4.90 Å². The van der Waals surface area contributed by atoms with Gasteiger partial charge in [0, 0.05) is 18.5 Å². The Morgan fingerprint density at radius 2 is 1.73 bits per heavy atom. The van der Waals surface area contributed by atoms with Gasteiger partial charge in [-0.05, 0) is 17.5 Å². The van der Waals surface area contributed by atoms with Gasteiger partial charge >= 0.3 is 0 Å². The van der Waals surface area contributed by atoms with Crippen LogP contribution >= 0.6 is 0 Å². The fourth-order valence-corrected chi connectivity index (χ4v) is 3.78. The van der Waals surface area contributed by atoms with E-state index in [1.54, 1.807) is 0 Å². The molecular weight excluding hydrogens is 274 g/mol. The van der Waals surface area contributed by atoms with Gasteiger partial charge in [-0.25, -0.2) is 0 Å². The third-order valence-corrected chi connectivity index (χ3v) is 4.82. The predicted molar refractivity (Wildman–Crippen MR) is 83.5 cm³/mol. The minimum Gasteiger partial charge on any atom is -0.335 e. The molecule has 0 unspecified atom stereocenters. The van der Waals surface area contributed by atoms with Crippen molar-refractivity contribution >= 4 is 11.7 Å². The van der Waals surface area contributed by atoms with E-state index in [1.807, 2.05) is 47.4 Å². The van der Waals surface area contributed by atoms with E-state index in [0.717, 1.165) is 18.5 Å². The molecule has 2 heterocycles. The summed E-state index contributed by atoms with van der Waals surface area (Å²) >= 11 is 0. The van der Waals surface area contributed by atoms with E-state index >= 15 is 0 Å². The highest BCUT2D eigenvalue weighted by atomic mass is 16.2. The molecule has 3 heteroatoms. The zero-order valence-corrected chi connectivity index (χ0v) is 12.2. The number of ketones is 1. The molecule has 2 aromatic carbocycles. The molecule has 2 aliphatic heterocycles. The van der Waals surface area contributed by atoms with Crippen LogP contribution in [0.4, 0.5) is 0 Å². The smallest absolute Gasteiger partial charge is 0.223 e. The summed E-state index contributed by atoms with van der Waals surface area (Å²) in [7, 11) is 0. The number of rotatable bonds is 2. The van der Waals surface area contributed by atoms with Crippen molar-refractivity contribution in [2.24, 2.45) is 5.92 Å². The van der Waals surface area contributed by atoms with Crippen LogP contribution in [0.25, 0.3) is 0 Å². The van der Waals surface area contributed by atoms with E-state index in [2.05, 4.69) is 12.1 Å². The molecule has 2 atom stereocenters. The highest BCUT2D eigenvalue weighted by Gasteiger charge is 2.46. The number of hydrogen-bond donors (Lipinski definition) is 0. The topological polar surface area (TPSA) is 37.4 Å². The van der Waals surface area contributed by atoms with Crippen molar-refractivity contribution < 1.29 is 9.59 Å². The van der Waals surface area contributed by atoms with Gasteiger partial charge in [0.1, 0.15) is 0 Å². The molecule has 0 bridgehead atoms. The first-order valence-electron chi connectivity index (χ1n) is 7.72. The van der Waals surface area contributed by atoms with Crippen LogP contribution in [-0.4, -0.2) is 23.1 Å². The van der Waals surface area contributed by atoms with Crippen LogP contribution in [0, 0.1) is 5.92 Å². The fraction of sp³-hybridized carbons (Fsp3) is 0.263. The van der Waals surface area contributed by atoms with E-state index in [-0.39, 0.29) is 23.7 Å². The lowest BCUT2D eigenvalue weighted by atomic mass is 9.83. The van der Waals surface area contributed by atoms with Gasteiger partial charge in [-0.1, -0.05) is 54.6 Å². The number of nitrogens with zero attached hydrogens (tertiary/aromatic N) is 1. The van der Waals surface area contributed by atoms with Crippen molar-refractivity contribution in [1.29, 1.82) is 0 Å². The number of hydrogen-bond acceptors (Lipinski definition) is 2. The van der Waals surface area contributed by atoms with Crippen LogP contribution < -0.4 is 0 Å². The molecule has 22 heavy (non-hydrogen) atoms. The molecule has 0 saturated carbocycles. The summed E-state index contributed by atoms with van der Waals surface area (Å²) < 4.78 is 0. The second-order valence-electron chi connectivity index (χ2n) is 6.02. The first kappa shape index (κ1) is 13.3. The lowest BCUT2D eigenvalue weighted by molar-refractivity contribution is -0.129. The SMILES string of the molecule is O=C(c1ccccc1)[C@@H]1CC(=O)N2CCc3ccccc3[C@@H]12. The molecule has 1 saturated heterocycles. The van der Waals surface area contributed by atoms with Gasteiger partial charge in [0.25, 0.3) is 0 Å². The Morgan fingerprint density at radius 3 is 2.55 bits per heavy atom. The molecule has 2 aromatic rings. The van der Waals surface area contributed by atoms with Crippen LogP contribution in [0.3, 0.4) is 0 Å². The van der Waals surface area contributed by atoms with Gasteiger partial charge in [-0.15, -0.1) is 0 Å². The minimum absolute atomic E-state index is 0.0816. The number of benzene rings is 2. The summed E-state index contributed by atoms with van der Waals surface area (Å²) in [6, 6.07) is 17.4. The van der Waals surface area contributed by atoms with Gasteiger partial charge in [-0.3, -0.25) is 9.59 Å². The number of Topliss-reactive ketones (excluding diaryl/α,β-unsaturated/α-hetero) is 1. The maximum atomic E-state index is 12.9. The molecule has 0 N–H and O–H groups in total. The molecule has 0 aliphatic carbocycles. The first-order valence-corrected chi connectivity index (χ1v) is 7.72. The molecule has 3 nitrogen and oxygen atoms in total. The van der Waals surface area contributed by atoms with E-state index in [1.165, 1.54) is 5.56 Å². The average Bonchev–Trinajstić information content (AvgIpc) is 2.92. The third-order valence-electron chi connectivity index (χ3n) is 4.82. The van der Waals surface area contributed by atoms with E-state index in [4.69, 9.17) is 0 Å². The van der Waals surface area contributed by atoms with E-state index < -0.39 is 0 Å². The second-order valence-corrected chi connectivity index (χ2v) is 6.02. The Hall–Kier alpha value is -2.42. The maximum Gasteiger partial charge on any atom is 0.223 e. The highest BCUT2D eigenvalue weighted by Crippen LogP contribution is 2.43. The lowest BCUT2D eigenvalue weighted by Crippen LogP contribution is -2.36. The van der Waals surface area contributed by atoms with Crippen molar-refractivity contribution in [2.45, 2.75) is 18.9 Å². The zero-order valence-electron chi connectivity index (χ0n) is 12.2. The zero-order chi connectivity index (χ0) is 15.1. The summed E-state index contributed by atoms with van der Waals surface area (Å²) in [5.41, 5.74) is 3.11. The first-order chi connectivity index (χ1) is 10.8. The normalized spacial score (nSPS) is 23.1. The van der Waals surface area contributed by atoms with Crippen molar-refractivity contribution in [3.63, 3.8) is 0 Å². The van der Waals surface area contributed by atoms with Gasteiger partial charge in [-0.2, -0.15) is 0 Å². The molecule has 0 radical (unpaired) electrons. The number of carbonyl (C=O) groups is 2. The van der Waals surface area contributed by atoms with Crippen molar-refractivity contribution in [1.82, 2.24) is 4.90 Å². The quantitative estimate of drug-likeness (QED) is 0.798. The highest BCUT2D eigenvalue weighted by molar-refractivity contribution is 6.02. The molecule has 0 aromatic heterocycles. The standard InChI is InChI=1S/C19H17NO2/c21-17-12-16(19(22)14-7-2-1-3-8-14)18-15-9-5-4-6-13(15)10-11-20(17)18/h1-9,16,18H,10-12H2/t16-,18+/m1/s1. The molecule has 4 rings (SSSR count). The van der Waals surface area contributed by atoms with Crippen molar-refractivity contribution in [2.75, 3.05) is 6.54 Å². The van der Waals surface area contributed by atoms with Crippen LogP contribution in [0.15, 0.2) is 54.6 Å². The number of amides is 1. The van der Waals surface area contributed by atoms with Gasteiger partial charge in [0.2, 0.25) is 5.91 Å². The Labute approximate surface area is 129 Å². The monoisotopic (exact) mass is 291 g/mol. The molecule has 1 amide bonds. The molecular formula is C19H17NO2. The molecule has 0 spiro atoms. The number of carbonyl (C=O) groups excluding carboxylic acids is 2. The summed E-state index contributed by atoms with van der Waals surface area (Å²) in [6.45, 7) is 0.721. The Kier molecular flexibility index (Phi) is 3.07. The van der Waals surface area contributed by atoms with Crippen molar-refractivity contribution in [3.05, 3.63) is 71.3 Å². The summed E-state index contributed by atoms with van der Waals surface area (Å²) in [5.74, 6) is -0.0803. The van der Waals surface area contributed by atoms with Gasteiger partial charge in [0.05, 0.1) is 12.0 Å². The summed E-state index contributed by atoms with van der Waals surface area (Å²) in [5, 5.41) is 0. The predicted octanol–water partition coefficient (Wildman–Crippen LogP) is 3.02. The Morgan fingerprint density at radius 1 is 1.00 bits per heavy atom.